The number of hydrogen-bond acceptors (Lipinski definition) is 5. The number of nitrogens with zero attached hydrogens (tertiary/aromatic N) is 3. The Kier molecular flexibility index (Phi) is 9.52. The van der Waals surface area contributed by atoms with E-state index in [4.69, 9.17) is 0 Å². The largest absolute Gasteiger partial charge is 0.401 e. The Bertz CT molecular complexity index is 1220. The minimum absolute atomic E-state index is 0.0703. The van der Waals surface area contributed by atoms with Gasteiger partial charge in [-0.1, -0.05) is 29.8 Å². The molecule has 1 saturated heterocycles. The van der Waals surface area contributed by atoms with E-state index in [1.54, 1.807) is 29.7 Å². The van der Waals surface area contributed by atoms with Crippen molar-refractivity contribution in [2.24, 2.45) is 7.05 Å². The number of alkyl halides is 3. The van der Waals surface area contributed by atoms with E-state index in [1.807, 2.05) is 50.4 Å². The maximum atomic E-state index is 16.3. The molecule has 37 heavy (non-hydrogen) atoms. The molecule has 0 radical (unpaired) electrons. The summed E-state index contributed by atoms with van der Waals surface area (Å²) in [4.78, 5) is 16.9. The van der Waals surface area contributed by atoms with E-state index in [9.17, 15) is 18.0 Å². The number of hydrogen-bond donors (Lipinski definition) is 1. The quantitative estimate of drug-likeness (QED) is 0.370. The smallest absolute Gasteiger partial charge is 0.378 e. The van der Waals surface area contributed by atoms with Crippen LogP contribution in [0.3, 0.4) is 0 Å². The number of anilines is 2. The monoisotopic (exact) mass is 538 g/mol. The van der Waals surface area contributed by atoms with Gasteiger partial charge in [0, 0.05) is 55.9 Å². The van der Waals surface area contributed by atoms with Crippen molar-refractivity contribution >= 4 is 23.3 Å². The topological polar surface area (TPSA) is 40.5 Å². The van der Waals surface area contributed by atoms with E-state index < -0.39 is 24.1 Å². The number of nitrogens with one attached hydrogen (secondary N) is 1. The van der Waals surface area contributed by atoms with Crippen molar-refractivity contribution in [1.29, 1.82) is 0 Å². The number of halogens is 4. The third-order valence-corrected chi connectivity index (χ3v) is 7.29. The molecule has 1 N–H and O–H groups in total. The van der Waals surface area contributed by atoms with Gasteiger partial charge in [-0.2, -0.15) is 13.2 Å². The Morgan fingerprint density at radius 3 is 2.32 bits per heavy atom. The van der Waals surface area contributed by atoms with Crippen LogP contribution in [0, 0.1) is 19.7 Å². The van der Waals surface area contributed by atoms with Crippen LogP contribution in [-0.4, -0.2) is 54.6 Å². The molecule has 10 heteroatoms. The van der Waals surface area contributed by atoms with Gasteiger partial charge >= 0.3 is 6.18 Å². The molecule has 1 aromatic carbocycles. The lowest BCUT2D eigenvalue weighted by atomic mass is 10.0. The van der Waals surface area contributed by atoms with Crippen molar-refractivity contribution in [3.05, 3.63) is 75.3 Å². The predicted octanol–water partition coefficient (Wildman–Crippen LogP) is 5.84. The number of thioether (sulfide) groups is 1. The molecule has 1 atom stereocenters. The Morgan fingerprint density at radius 1 is 1.05 bits per heavy atom. The SMILES string of the molecule is CSc1ccccc1N[C@H](C)c1cc(C)ccc(=O)n(C)c(N2CCN(CC(F)(F)F)CC2)c(F)c1C. The summed E-state index contributed by atoms with van der Waals surface area (Å²) < 4.78 is 56.1. The van der Waals surface area contributed by atoms with Gasteiger partial charge in [0.2, 0.25) is 0 Å². The third-order valence-electron chi connectivity index (χ3n) is 6.50. The summed E-state index contributed by atoms with van der Waals surface area (Å²) in [5.74, 6) is -0.498. The molecule has 0 bridgehead atoms. The van der Waals surface area contributed by atoms with Gasteiger partial charge < -0.3 is 10.2 Å². The van der Waals surface area contributed by atoms with Crippen LogP contribution in [0.5, 0.6) is 0 Å². The normalized spacial score (nSPS) is 15.3. The third kappa shape index (κ3) is 7.41. The van der Waals surface area contributed by atoms with Gasteiger partial charge in [-0.05, 0) is 50.3 Å². The molecule has 0 saturated carbocycles. The Hall–Kier alpha value is -2.72. The molecular formula is C27H34F4N4OS. The molecule has 2 aromatic rings. The first-order valence-electron chi connectivity index (χ1n) is 12.1. The zero-order valence-corrected chi connectivity index (χ0v) is 22.6. The summed E-state index contributed by atoms with van der Waals surface area (Å²) in [6.45, 7) is 5.05. The molecular weight excluding hydrogens is 504 g/mol. The van der Waals surface area contributed by atoms with E-state index in [0.29, 0.717) is 11.1 Å². The zero-order chi connectivity index (χ0) is 27.3. The van der Waals surface area contributed by atoms with Crippen molar-refractivity contribution < 1.29 is 17.6 Å². The first-order chi connectivity index (χ1) is 17.4. The molecule has 202 valence electrons. The van der Waals surface area contributed by atoms with Crippen molar-refractivity contribution in [3.63, 3.8) is 0 Å². The van der Waals surface area contributed by atoms with Crippen molar-refractivity contribution in [2.45, 2.75) is 37.9 Å². The molecule has 0 spiro atoms. The summed E-state index contributed by atoms with van der Waals surface area (Å²) in [5, 5.41) is 3.48. The Balaban J connectivity index is 2.09. The molecule has 2 heterocycles. The molecule has 0 unspecified atom stereocenters. The number of rotatable bonds is 6. The minimum Gasteiger partial charge on any atom is -0.378 e. The number of para-hydroxylation sites is 1. The number of benzene rings is 1. The predicted molar refractivity (Wildman–Crippen MR) is 144 cm³/mol. The van der Waals surface area contributed by atoms with Crippen LogP contribution >= 0.6 is 11.8 Å². The van der Waals surface area contributed by atoms with Crippen LogP contribution in [-0.2, 0) is 7.05 Å². The van der Waals surface area contributed by atoms with Gasteiger partial charge in [0.1, 0.15) is 5.82 Å². The van der Waals surface area contributed by atoms with Gasteiger partial charge in [-0.3, -0.25) is 14.3 Å². The average Bonchev–Trinajstić information content (AvgIpc) is 2.85. The molecule has 3 rings (SSSR count). The van der Waals surface area contributed by atoms with E-state index in [0.717, 1.165) is 16.1 Å². The summed E-state index contributed by atoms with van der Waals surface area (Å²) in [6.07, 6.45) is -2.30. The van der Waals surface area contributed by atoms with Crippen molar-refractivity contribution in [3.8, 4) is 0 Å². The van der Waals surface area contributed by atoms with E-state index >= 15 is 4.39 Å². The fourth-order valence-electron chi connectivity index (χ4n) is 4.51. The highest BCUT2D eigenvalue weighted by Gasteiger charge is 2.33. The highest BCUT2D eigenvalue weighted by molar-refractivity contribution is 7.98. The highest BCUT2D eigenvalue weighted by Crippen LogP contribution is 2.31. The van der Waals surface area contributed by atoms with Crippen LogP contribution in [0.15, 0.2) is 52.2 Å². The van der Waals surface area contributed by atoms with Gasteiger partial charge in [0.25, 0.3) is 5.56 Å². The summed E-state index contributed by atoms with van der Waals surface area (Å²) in [5.41, 5.74) is 2.39. The van der Waals surface area contributed by atoms with Gasteiger partial charge in [-0.15, -0.1) is 11.8 Å². The molecule has 1 aliphatic heterocycles. The second-order valence-electron chi connectivity index (χ2n) is 9.28. The lowest BCUT2D eigenvalue weighted by molar-refractivity contribution is -0.146. The fourth-order valence-corrected chi connectivity index (χ4v) is 5.07. The van der Waals surface area contributed by atoms with Crippen LogP contribution in [0.1, 0.15) is 29.7 Å². The van der Waals surface area contributed by atoms with Crippen LogP contribution in [0.25, 0.3) is 0 Å². The average molecular weight is 539 g/mol. The Morgan fingerprint density at radius 2 is 1.70 bits per heavy atom. The summed E-state index contributed by atoms with van der Waals surface area (Å²) in [6, 6.07) is 12.5. The molecule has 0 amide bonds. The number of piperazine rings is 1. The maximum Gasteiger partial charge on any atom is 0.401 e. The van der Waals surface area contributed by atoms with E-state index in [2.05, 4.69) is 5.32 Å². The lowest BCUT2D eigenvalue weighted by Crippen LogP contribution is -2.50. The van der Waals surface area contributed by atoms with Crippen molar-refractivity contribution in [2.75, 3.05) is 49.2 Å². The first kappa shape index (κ1) is 28.8. The van der Waals surface area contributed by atoms with Crippen molar-refractivity contribution in [1.82, 2.24) is 9.47 Å². The molecule has 1 aliphatic rings. The fraction of sp³-hybridized carbons (Fsp3) is 0.444. The van der Waals surface area contributed by atoms with Crippen LogP contribution in [0.2, 0.25) is 0 Å². The van der Waals surface area contributed by atoms with Gasteiger partial charge in [-0.25, -0.2) is 4.39 Å². The lowest BCUT2D eigenvalue weighted by Gasteiger charge is -2.36. The highest BCUT2D eigenvalue weighted by atomic mass is 32.2. The molecule has 0 aliphatic carbocycles. The zero-order valence-electron chi connectivity index (χ0n) is 21.8. The summed E-state index contributed by atoms with van der Waals surface area (Å²) in [7, 11) is 1.49. The second-order valence-corrected chi connectivity index (χ2v) is 10.1. The van der Waals surface area contributed by atoms with Crippen LogP contribution in [0.4, 0.5) is 29.1 Å². The molecule has 1 aromatic heterocycles. The first-order valence-corrected chi connectivity index (χ1v) is 13.3. The van der Waals surface area contributed by atoms with Gasteiger partial charge in [0.15, 0.2) is 5.82 Å². The standard InChI is InChI=1S/C27H34F4N4OS/c1-18-10-11-24(36)33(4)26(35-14-12-34(13-15-35)17-27(29,30)31)25(28)19(2)21(16-18)20(3)32-22-8-6-7-9-23(22)37-5/h6-11,16,20,32H,12-15,17H2,1-5H3/t20-/m1/s1. The van der Waals surface area contributed by atoms with E-state index in [1.165, 1.54) is 22.6 Å². The second kappa shape index (κ2) is 12.2. The Labute approximate surface area is 219 Å². The van der Waals surface area contributed by atoms with E-state index in [-0.39, 0.29) is 38.0 Å². The summed E-state index contributed by atoms with van der Waals surface area (Å²) >= 11 is 1.61. The molecule has 1 fully saturated rings. The number of aryl methyl sites for hydroxylation is 1. The number of aromatic nitrogens is 1. The maximum absolute atomic E-state index is 16.3. The minimum atomic E-state index is -4.29. The van der Waals surface area contributed by atoms with Crippen LogP contribution < -0.4 is 15.8 Å². The molecule has 5 nitrogen and oxygen atoms in total. The van der Waals surface area contributed by atoms with Gasteiger partial charge in [0.05, 0.1) is 6.54 Å².